The molecule has 0 atom stereocenters. The van der Waals surface area contributed by atoms with E-state index < -0.39 is 0 Å². The number of fused-ring (bicyclic) bond motifs is 2. The van der Waals surface area contributed by atoms with Gasteiger partial charge in [0.15, 0.2) is 11.5 Å². The summed E-state index contributed by atoms with van der Waals surface area (Å²) in [6, 6.07) is 20.0. The number of pyridine rings is 3. The first kappa shape index (κ1) is 25.2. The Bertz CT molecular complexity index is 2080. The van der Waals surface area contributed by atoms with Crippen molar-refractivity contribution in [1.82, 2.24) is 35.1 Å². The van der Waals surface area contributed by atoms with Crippen molar-refractivity contribution in [3.8, 4) is 33.9 Å². The molecule has 3 N–H and O–H groups in total. The van der Waals surface area contributed by atoms with Gasteiger partial charge < -0.3 is 10.3 Å². The first-order valence-corrected chi connectivity index (χ1v) is 13.3. The van der Waals surface area contributed by atoms with E-state index in [0.29, 0.717) is 34.1 Å². The minimum atomic E-state index is -0.303. The van der Waals surface area contributed by atoms with Gasteiger partial charge in [0.25, 0.3) is 0 Å². The number of imidazole rings is 1. The largest absolute Gasteiger partial charge is 0.335 e. The fourth-order valence-electron chi connectivity index (χ4n) is 5.05. The van der Waals surface area contributed by atoms with E-state index in [2.05, 4.69) is 35.5 Å². The summed E-state index contributed by atoms with van der Waals surface area (Å²) in [5, 5.41) is 11.2. The molecule has 0 fully saturated rings. The molecule has 0 radical (unpaired) electrons. The van der Waals surface area contributed by atoms with Crippen molar-refractivity contribution in [2.75, 3.05) is 5.32 Å². The zero-order chi connectivity index (χ0) is 28.6. The molecule has 1 amide bonds. The van der Waals surface area contributed by atoms with Gasteiger partial charge in [0, 0.05) is 28.9 Å². The molecule has 0 saturated heterocycles. The van der Waals surface area contributed by atoms with Crippen molar-refractivity contribution in [2.45, 2.75) is 13.3 Å². The fraction of sp³-hybridized carbons (Fsp3) is 0.0625. The molecule has 0 aliphatic rings. The highest BCUT2D eigenvalue weighted by Crippen LogP contribution is 2.32. The van der Waals surface area contributed by atoms with Gasteiger partial charge in [-0.1, -0.05) is 36.4 Å². The predicted octanol–water partition coefficient (Wildman–Crippen LogP) is 6.25. The first-order chi connectivity index (χ1) is 20.5. The summed E-state index contributed by atoms with van der Waals surface area (Å²) in [6.07, 6.45) is 6.92. The van der Waals surface area contributed by atoms with Crippen molar-refractivity contribution < 1.29 is 9.18 Å². The van der Waals surface area contributed by atoms with Gasteiger partial charge in [0.05, 0.1) is 41.2 Å². The molecule has 5 aromatic heterocycles. The number of nitrogens with zero attached hydrogens (tertiary/aromatic N) is 5. The lowest BCUT2D eigenvalue weighted by Crippen LogP contribution is -2.14. The van der Waals surface area contributed by atoms with Crippen molar-refractivity contribution >= 4 is 33.7 Å². The fourth-order valence-corrected chi connectivity index (χ4v) is 5.05. The van der Waals surface area contributed by atoms with Crippen LogP contribution in [0.5, 0.6) is 0 Å². The lowest BCUT2D eigenvalue weighted by Gasteiger charge is -2.07. The monoisotopic (exact) mass is 554 g/mol. The van der Waals surface area contributed by atoms with Crippen LogP contribution in [0.25, 0.3) is 56.0 Å². The molecule has 7 rings (SSSR count). The predicted molar refractivity (Wildman–Crippen MR) is 159 cm³/mol. The summed E-state index contributed by atoms with van der Waals surface area (Å²) in [6.45, 7) is 1.86. The summed E-state index contributed by atoms with van der Waals surface area (Å²) < 4.78 is 14.2. The summed E-state index contributed by atoms with van der Waals surface area (Å²) in [4.78, 5) is 34.0. The average Bonchev–Trinajstić information content (AvgIpc) is 3.61. The average molecular weight is 555 g/mol. The Morgan fingerprint density at radius 3 is 2.69 bits per heavy atom. The molecule has 0 spiro atoms. The Balaban J connectivity index is 1.22. The molecule has 0 bridgehead atoms. The maximum Gasteiger partial charge on any atom is 0.228 e. The summed E-state index contributed by atoms with van der Waals surface area (Å²) in [5.74, 6) is 0.0795. The number of anilines is 1. The van der Waals surface area contributed by atoms with Gasteiger partial charge >= 0.3 is 0 Å². The molecule has 5 heterocycles. The molecule has 42 heavy (non-hydrogen) atoms. The lowest BCUT2D eigenvalue weighted by atomic mass is 10.0. The van der Waals surface area contributed by atoms with E-state index in [-0.39, 0.29) is 18.1 Å². The van der Waals surface area contributed by atoms with Crippen LogP contribution in [0.1, 0.15) is 11.1 Å². The van der Waals surface area contributed by atoms with Crippen LogP contribution >= 0.6 is 0 Å². The zero-order valence-electron chi connectivity index (χ0n) is 22.4. The Kier molecular flexibility index (Phi) is 6.20. The SMILES string of the molecule is Cc1cc(F)cc(-c2ccnc3nc(-c4n[nH]c5cnc(-c6cncc(NC(=O)Cc7ccccc7)c6)cc45)[nH]c23)c1. The lowest BCUT2D eigenvalue weighted by molar-refractivity contribution is -0.115. The molecular formula is C32H23FN8O. The second-order valence-corrected chi connectivity index (χ2v) is 10.0. The number of benzene rings is 2. The smallest absolute Gasteiger partial charge is 0.228 e. The maximum atomic E-state index is 14.2. The van der Waals surface area contributed by atoms with Crippen LogP contribution in [0.2, 0.25) is 0 Å². The van der Waals surface area contributed by atoms with Gasteiger partial charge in [-0.25, -0.2) is 14.4 Å². The van der Waals surface area contributed by atoms with E-state index in [0.717, 1.165) is 38.7 Å². The highest BCUT2D eigenvalue weighted by Gasteiger charge is 2.17. The number of hydrogen-bond donors (Lipinski definition) is 3. The molecule has 2 aromatic carbocycles. The van der Waals surface area contributed by atoms with Gasteiger partial charge in [0.1, 0.15) is 11.5 Å². The zero-order valence-corrected chi connectivity index (χ0v) is 22.4. The maximum absolute atomic E-state index is 14.2. The Hall–Kier alpha value is -5.77. The molecule has 9 nitrogen and oxygen atoms in total. The molecule has 7 aromatic rings. The van der Waals surface area contributed by atoms with Crippen LogP contribution < -0.4 is 5.32 Å². The summed E-state index contributed by atoms with van der Waals surface area (Å²) >= 11 is 0. The number of aromatic nitrogens is 7. The number of hydrogen-bond acceptors (Lipinski definition) is 6. The van der Waals surface area contributed by atoms with Crippen molar-refractivity contribution in [1.29, 1.82) is 0 Å². The molecule has 0 aliphatic heterocycles. The molecule has 204 valence electrons. The number of aromatic amines is 2. The topological polar surface area (TPSA) is 125 Å². The van der Waals surface area contributed by atoms with Crippen LogP contribution in [-0.4, -0.2) is 41.0 Å². The summed E-state index contributed by atoms with van der Waals surface area (Å²) in [5.41, 5.74) is 7.74. The van der Waals surface area contributed by atoms with Crippen LogP contribution in [0.15, 0.2) is 91.5 Å². The minimum Gasteiger partial charge on any atom is -0.335 e. The van der Waals surface area contributed by atoms with E-state index in [1.54, 1.807) is 24.8 Å². The minimum absolute atomic E-state index is 0.132. The number of nitrogens with one attached hydrogen (secondary N) is 3. The Morgan fingerprint density at radius 1 is 0.952 bits per heavy atom. The second-order valence-electron chi connectivity index (χ2n) is 10.0. The third-order valence-corrected chi connectivity index (χ3v) is 6.94. The highest BCUT2D eigenvalue weighted by molar-refractivity contribution is 5.97. The van der Waals surface area contributed by atoms with E-state index in [9.17, 15) is 9.18 Å². The molecule has 10 heteroatoms. The van der Waals surface area contributed by atoms with Gasteiger partial charge in [-0.05, 0) is 53.9 Å². The van der Waals surface area contributed by atoms with Crippen LogP contribution in [0, 0.1) is 12.7 Å². The van der Waals surface area contributed by atoms with Crippen LogP contribution in [0.4, 0.5) is 10.1 Å². The molecule has 0 saturated carbocycles. The van der Waals surface area contributed by atoms with E-state index >= 15 is 0 Å². The van der Waals surface area contributed by atoms with Gasteiger partial charge in [-0.15, -0.1) is 0 Å². The van der Waals surface area contributed by atoms with Crippen molar-refractivity contribution in [2.24, 2.45) is 0 Å². The first-order valence-electron chi connectivity index (χ1n) is 13.3. The highest BCUT2D eigenvalue weighted by atomic mass is 19.1. The second kappa shape index (κ2) is 10.3. The molecule has 0 unspecified atom stereocenters. The van der Waals surface area contributed by atoms with E-state index in [1.807, 2.05) is 61.5 Å². The van der Waals surface area contributed by atoms with Gasteiger partial charge in [0.2, 0.25) is 5.91 Å². The Labute approximate surface area is 238 Å². The third kappa shape index (κ3) is 4.86. The quantitative estimate of drug-likeness (QED) is 0.223. The number of aryl methyl sites for hydroxylation is 1. The van der Waals surface area contributed by atoms with Crippen molar-refractivity contribution in [3.05, 3.63) is 108 Å². The number of carbonyl (C=O) groups is 1. The number of halogens is 1. The van der Waals surface area contributed by atoms with Gasteiger partial charge in [-0.2, -0.15) is 5.10 Å². The number of rotatable bonds is 6. The third-order valence-electron chi connectivity index (χ3n) is 6.94. The Morgan fingerprint density at radius 2 is 1.83 bits per heavy atom. The van der Waals surface area contributed by atoms with Crippen LogP contribution in [0.3, 0.4) is 0 Å². The molecular weight excluding hydrogens is 531 g/mol. The summed E-state index contributed by atoms with van der Waals surface area (Å²) in [7, 11) is 0. The number of amides is 1. The number of H-pyrrole nitrogens is 2. The number of carbonyl (C=O) groups excluding carboxylic acids is 1. The van der Waals surface area contributed by atoms with E-state index in [1.165, 1.54) is 12.1 Å². The molecule has 0 aliphatic carbocycles. The van der Waals surface area contributed by atoms with Crippen molar-refractivity contribution in [3.63, 3.8) is 0 Å². The standard InChI is InChI=1S/C32H23FN8O/c1-18-9-20(12-22(33)10-18)24-7-8-35-31-29(24)38-32(39-31)30-25-14-26(36-17-27(25)40-41-30)21-13-23(16-34-15-21)37-28(42)11-19-5-3-2-4-6-19/h2-10,12-17H,11H2,1H3,(H,37,42)(H,40,41)(H,35,38,39). The normalized spacial score (nSPS) is 11.3. The van der Waals surface area contributed by atoms with Crippen LogP contribution in [-0.2, 0) is 11.2 Å². The van der Waals surface area contributed by atoms with E-state index in [4.69, 9.17) is 4.98 Å². The van der Waals surface area contributed by atoms with Gasteiger partial charge in [-0.3, -0.25) is 19.9 Å².